The molecule has 2 aliphatic rings. The van der Waals surface area contributed by atoms with E-state index in [1.54, 1.807) is 0 Å². The summed E-state index contributed by atoms with van der Waals surface area (Å²) in [6.07, 6.45) is 0.117. The lowest BCUT2D eigenvalue weighted by Gasteiger charge is -2.51. The molecular weight excluding hydrogens is 765 g/mol. The van der Waals surface area contributed by atoms with E-state index < -0.39 is 35.7 Å². The zero-order valence-corrected chi connectivity index (χ0v) is 34.7. The molecule has 5 atom stereocenters. The van der Waals surface area contributed by atoms with Gasteiger partial charge < -0.3 is 33.5 Å². The van der Waals surface area contributed by atoms with Crippen LogP contribution in [0.3, 0.4) is 0 Å². The first-order valence-electron chi connectivity index (χ1n) is 21.2. The molecule has 0 aromatic heterocycles. The molecule has 8 heteroatoms. The Balaban J connectivity index is 1.18. The molecule has 6 aromatic carbocycles. The van der Waals surface area contributed by atoms with Gasteiger partial charge in [-0.2, -0.15) is 0 Å². The summed E-state index contributed by atoms with van der Waals surface area (Å²) in [5, 5.41) is 9.10. The van der Waals surface area contributed by atoms with Gasteiger partial charge in [0.05, 0.1) is 39.6 Å². The second-order valence-corrected chi connectivity index (χ2v) is 16.2. The van der Waals surface area contributed by atoms with Crippen LogP contribution in [0.15, 0.2) is 164 Å². The van der Waals surface area contributed by atoms with Gasteiger partial charge in [-0.1, -0.05) is 158 Å². The summed E-state index contributed by atoms with van der Waals surface area (Å²) >= 11 is 0. The first kappa shape index (κ1) is 42.2. The Kier molecular flexibility index (Phi) is 13.8. The van der Waals surface area contributed by atoms with Crippen molar-refractivity contribution in [3.63, 3.8) is 0 Å². The lowest BCUT2D eigenvalue weighted by molar-refractivity contribution is -0.354. The number of rotatable bonds is 20. The van der Waals surface area contributed by atoms with E-state index in [4.69, 9.17) is 33.5 Å². The standard InChI is InChI=1S/C53H54O8/c1-39-25-30-47(32-46(39)31-41-28-26-40(27-29-41)23-14-24-48(54)55)53-51(59-36-45-21-12-5-13-22-45)49(57-34-43-17-8-3-9-18-43)50(58-35-44-19-10-4-11-20-44)52(61-53,38-60-53)37-56-33-42-15-6-2-7-16-42/h2-13,15-22,25-30,32,49-51H,14,23-24,31,33-38H2,1H3,(H,54,55)/t49-,50-,51+,52-,53-/m0/s1. The van der Waals surface area contributed by atoms with Crippen molar-refractivity contribution in [3.05, 3.63) is 214 Å². The van der Waals surface area contributed by atoms with E-state index in [1.165, 1.54) is 0 Å². The smallest absolute Gasteiger partial charge is 0.303 e. The molecule has 0 radical (unpaired) electrons. The van der Waals surface area contributed by atoms with E-state index in [0.29, 0.717) is 39.3 Å². The summed E-state index contributed by atoms with van der Waals surface area (Å²) < 4.78 is 42.3. The maximum atomic E-state index is 11.1. The predicted octanol–water partition coefficient (Wildman–Crippen LogP) is 9.92. The Morgan fingerprint density at radius 1 is 0.623 bits per heavy atom. The maximum Gasteiger partial charge on any atom is 0.303 e. The number of carboxylic acid groups (broad SMARTS) is 1. The third-order valence-electron chi connectivity index (χ3n) is 11.7. The zero-order valence-electron chi connectivity index (χ0n) is 34.7. The summed E-state index contributed by atoms with van der Waals surface area (Å²) in [6, 6.07) is 55.4. The minimum atomic E-state index is -1.38. The molecular formula is C53H54O8. The van der Waals surface area contributed by atoms with Crippen LogP contribution in [0.5, 0.6) is 0 Å². The van der Waals surface area contributed by atoms with Gasteiger partial charge in [-0.3, -0.25) is 4.79 Å². The van der Waals surface area contributed by atoms with Gasteiger partial charge >= 0.3 is 5.97 Å². The topological polar surface area (TPSA) is 92.7 Å². The number of carboxylic acids is 1. The second kappa shape index (κ2) is 19.9. The van der Waals surface area contributed by atoms with E-state index in [1.807, 2.05) is 72.8 Å². The Morgan fingerprint density at radius 3 is 1.72 bits per heavy atom. The van der Waals surface area contributed by atoms with Crippen LogP contribution in [0.25, 0.3) is 0 Å². The Bertz CT molecular complexity index is 2290. The van der Waals surface area contributed by atoms with Gasteiger partial charge in [0.1, 0.15) is 23.9 Å². The number of aliphatic carboxylic acids is 1. The molecule has 0 aliphatic carbocycles. The third kappa shape index (κ3) is 10.4. The number of fused-ring (bicyclic) bond motifs is 2. The van der Waals surface area contributed by atoms with E-state index in [2.05, 4.69) is 97.9 Å². The molecule has 0 unspecified atom stereocenters. The first-order chi connectivity index (χ1) is 29.9. The van der Waals surface area contributed by atoms with E-state index in [9.17, 15) is 4.79 Å². The van der Waals surface area contributed by atoms with Crippen LogP contribution in [-0.2, 0) is 78.3 Å². The van der Waals surface area contributed by atoms with E-state index in [-0.39, 0.29) is 19.6 Å². The molecule has 6 aromatic rings. The van der Waals surface area contributed by atoms with Crippen LogP contribution in [0.2, 0.25) is 0 Å². The SMILES string of the molecule is Cc1ccc([C@]23OC[C@](COCc4ccccc4)(O2)[C@@H](OCc2ccccc2)[C@H](OCc2ccccc2)[C@H]3OCc2ccccc2)cc1Cc1ccc(CCCC(=O)O)cc1. The van der Waals surface area contributed by atoms with Gasteiger partial charge in [-0.25, -0.2) is 0 Å². The first-order valence-corrected chi connectivity index (χ1v) is 21.2. The van der Waals surface area contributed by atoms with Crippen molar-refractivity contribution in [2.45, 2.75) is 88.7 Å². The lowest BCUT2D eigenvalue weighted by Crippen LogP contribution is -2.67. The summed E-state index contributed by atoms with van der Waals surface area (Å²) in [4.78, 5) is 11.1. The number of hydrogen-bond acceptors (Lipinski definition) is 7. The maximum absolute atomic E-state index is 11.1. The quantitative estimate of drug-likeness (QED) is 0.0815. The van der Waals surface area contributed by atoms with Crippen LogP contribution in [-0.4, -0.2) is 48.2 Å². The molecule has 314 valence electrons. The minimum absolute atomic E-state index is 0.161. The van der Waals surface area contributed by atoms with E-state index >= 15 is 0 Å². The molecule has 0 spiro atoms. The monoisotopic (exact) mass is 818 g/mol. The highest BCUT2D eigenvalue weighted by molar-refractivity contribution is 5.66. The molecule has 61 heavy (non-hydrogen) atoms. The second-order valence-electron chi connectivity index (χ2n) is 16.2. The average molecular weight is 819 g/mol. The van der Waals surface area contributed by atoms with Crippen LogP contribution in [0.1, 0.15) is 62.9 Å². The van der Waals surface area contributed by atoms with Crippen molar-refractivity contribution >= 4 is 5.97 Å². The van der Waals surface area contributed by atoms with Crippen molar-refractivity contribution in [3.8, 4) is 0 Å². The largest absolute Gasteiger partial charge is 0.481 e. The van der Waals surface area contributed by atoms with Crippen molar-refractivity contribution in [1.82, 2.24) is 0 Å². The van der Waals surface area contributed by atoms with Crippen molar-refractivity contribution in [1.29, 1.82) is 0 Å². The van der Waals surface area contributed by atoms with Gasteiger partial charge in [0, 0.05) is 12.0 Å². The summed E-state index contributed by atoms with van der Waals surface area (Å²) in [5.41, 5.74) is 8.42. The van der Waals surface area contributed by atoms with Gasteiger partial charge in [0.25, 0.3) is 0 Å². The molecule has 0 amide bonds. The lowest BCUT2D eigenvalue weighted by atomic mass is 9.82. The minimum Gasteiger partial charge on any atom is -0.481 e. The Labute approximate surface area is 359 Å². The third-order valence-corrected chi connectivity index (χ3v) is 11.7. The highest BCUT2D eigenvalue weighted by Gasteiger charge is 2.69. The fraction of sp³-hybridized carbons (Fsp3) is 0.302. The van der Waals surface area contributed by atoms with E-state index in [0.717, 1.165) is 56.5 Å². The summed E-state index contributed by atoms with van der Waals surface area (Å²) in [5.74, 6) is -2.15. The molecule has 8 rings (SSSR count). The summed E-state index contributed by atoms with van der Waals surface area (Å²) in [6.45, 7) is 3.84. The highest BCUT2D eigenvalue weighted by atomic mass is 16.8. The predicted molar refractivity (Wildman–Crippen MR) is 234 cm³/mol. The molecule has 2 saturated heterocycles. The highest BCUT2D eigenvalue weighted by Crippen LogP contribution is 2.53. The van der Waals surface area contributed by atoms with Crippen LogP contribution >= 0.6 is 0 Å². The Morgan fingerprint density at radius 2 is 1.15 bits per heavy atom. The van der Waals surface area contributed by atoms with Crippen molar-refractivity contribution in [2.75, 3.05) is 13.2 Å². The van der Waals surface area contributed by atoms with Crippen LogP contribution < -0.4 is 0 Å². The fourth-order valence-corrected chi connectivity index (χ4v) is 8.40. The van der Waals surface area contributed by atoms with Gasteiger partial charge in [0.2, 0.25) is 5.79 Å². The molecule has 2 bridgehead atoms. The van der Waals surface area contributed by atoms with Crippen LogP contribution in [0.4, 0.5) is 0 Å². The fourth-order valence-electron chi connectivity index (χ4n) is 8.40. The number of carbonyl (C=O) groups is 1. The number of aryl methyl sites for hydroxylation is 2. The molecule has 2 fully saturated rings. The van der Waals surface area contributed by atoms with Gasteiger partial charge in [-0.15, -0.1) is 0 Å². The van der Waals surface area contributed by atoms with Crippen molar-refractivity contribution in [2.24, 2.45) is 0 Å². The molecule has 1 N–H and O–H groups in total. The van der Waals surface area contributed by atoms with Crippen LogP contribution in [0, 0.1) is 6.92 Å². The number of benzene rings is 6. The molecule has 2 heterocycles. The molecule has 8 nitrogen and oxygen atoms in total. The van der Waals surface area contributed by atoms with Crippen molar-refractivity contribution < 1.29 is 38.3 Å². The average Bonchev–Trinajstić information content (AvgIpc) is 3.64. The van der Waals surface area contributed by atoms with Gasteiger partial charge in [0.15, 0.2) is 0 Å². The Hall–Kier alpha value is -5.45. The normalized spacial score (nSPS) is 22.0. The van der Waals surface area contributed by atoms with Gasteiger partial charge in [-0.05, 0) is 76.8 Å². The molecule has 2 aliphatic heterocycles. The number of ether oxygens (including phenoxy) is 6. The zero-order chi connectivity index (χ0) is 41.9. The number of hydrogen-bond donors (Lipinski definition) is 1. The summed E-state index contributed by atoms with van der Waals surface area (Å²) in [7, 11) is 0. The molecule has 0 saturated carbocycles.